The first-order chi connectivity index (χ1) is 7.81. The number of aryl methyl sites for hydroxylation is 1. The van der Waals surface area contributed by atoms with Gasteiger partial charge < -0.3 is 5.32 Å². The fraction of sp³-hybridized carbons (Fsp3) is 0.455. The molecule has 16 heavy (non-hydrogen) atoms. The molecule has 2 heterocycles. The Kier molecular flexibility index (Phi) is 3.69. The van der Waals surface area contributed by atoms with Crippen LogP contribution in [0.4, 0.5) is 0 Å². The molecule has 0 radical (unpaired) electrons. The van der Waals surface area contributed by atoms with Crippen molar-refractivity contribution in [1.29, 1.82) is 0 Å². The second-order valence-corrected chi connectivity index (χ2v) is 4.43. The molecule has 0 aromatic carbocycles. The van der Waals surface area contributed by atoms with Crippen molar-refractivity contribution in [2.75, 3.05) is 6.54 Å². The van der Waals surface area contributed by atoms with Gasteiger partial charge in [0.25, 0.3) is 0 Å². The summed E-state index contributed by atoms with van der Waals surface area (Å²) in [4.78, 5) is 4.36. The van der Waals surface area contributed by atoms with Crippen molar-refractivity contribution >= 4 is 11.3 Å². The van der Waals surface area contributed by atoms with Crippen molar-refractivity contribution in [3.05, 3.63) is 34.5 Å². The van der Waals surface area contributed by atoms with Crippen LogP contribution in [0.3, 0.4) is 0 Å². The van der Waals surface area contributed by atoms with Gasteiger partial charge in [0.15, 0.2) is 0 Å². The van der Waals surface area contributed by atoms with Crippen LogP contribution in [-0.4, -0.2) is 21.3 Å². The van der Waals surface area contributed by atoms with Gasteiger partial charge in [0.2, 0.25) is 0 Å². The van der Waals surface area contributed by atoms with Crippen molar-refractivity contribution in [3.8, 4) is 0 Å². The van der Waals surface area contributed by atoms with E-state index >= 15 is 0 Å². The minimum Gasteiger partial charge on any atom is -0.304 e. The number of nitrogens with zero attached hydrogens (tertiary/aromatic N) is 3. The summed E-state index contributed by atoms with van der Waals surface area (Å²) in [5, 5.41) is 9.98. The maximum Gasteiger partial charge on any atom is 0.0952 e. The summed E-state index contributed by atoms with van der Waals surface area (Å²) in [7, 11) is 1.93. The molecule has 86 valence electrons. The molecule has 0 aliphatic rings. The first-order valence-corrected chi connectivity index (χ1v) is 6.36. The molecule has 0 saturated heterocycles. The molecule has 4 nitrogen and oxygen atoms in total. The van der Waals surface area contributed by atoms with Crippen molar-refractivity contribution in [3.63, 3.8) is 0 Å². The second kappa shape index (κ2) is 5.23. The molecule has 0 aliphatic heterocycles. The Morgan fingerprint density at radius 1 is 1.50 bits per heavy atom. The van der Waals surface area contributed by atoms with Crippen molar-refractivity contribution in [1.82, 2.24) is 20.1 Å². The molecule has 0 bridgehead atoms. The van der Waals surface area contributed by atoms with Crippen molar-refractivity contribution in [2.45, 2.75) is 19.4 Å². The van der Waals surface area contributed by atoms with Crippen molar-refractivity contribution < 1.29 is 0 Å². The van der Waals surface area contributed by atoms with E-state index in [-0.39, 0.29) is 6.04 Å². The molecule has 5 heteroatoms. The predicted octanol–water partition coefficient (Wildman–Crippen LogP) is 1.97. The molecule has 2 aromatic rings. The fourth-order valence-corrected chi connectivity index (χ4v) is 2.18. The summed E-state index contributed by atoms with van der Waals surface area (Å²) < 4.78 is 1.82. The van der Waals surface area contributed by atoms with Gasteiger partial charge in [0.05, 0.1) is 22.9 Å². The van der Waals surface area contributed by atoms with Gasteiger partial charge in [0.1, 0.15) is 0 Å². The van der Waals surface area contributed by atoms with Crippen LogP contribution in [0, 0.1) is 0 Å². The number of thiazole rings is 1. The molecule has 2 aromatic heterocycles. The predicted molar refractivity (Wildman–Crippen MR) is 65.5 cm³/mol. The molecule has 1 unspecified atom stereocenters. The van der Waals surface area contributed by atoms with Crippen molar-refractivity contribution in [2.24, 2.45) is 7.05 Å². The Balaban J connectivity index is 2.21. The van der Waals surface area contributed by atoms with Crippen LogP contribution < -0.4 is 5.32 Å². The topological polar surface area (TPSA) is 42.7 Å². The third-order valence-corrected chi connectivity index (χ3v) is 2.98. The highest BCUT2D eigenvalue weighted by molar-refractivity contribution is 7.07. The van der Waals surface area contributed by atoms with Gasteiger partial charge >= 0.3 is 0 Å². The summed E-state index contributed by atoms with van der Waals surface area (Å²) in [5.74, 6) is 0. The molecule has 1 N–H and O–H groups in total. The summed E-state index contributed by atoms with van der Waals surface area (Å²) >= 11 is 1.62. The first kappa shape index (κ1) is 11.3. The Hall–Kier alpha value is -1.20. The van der Waals surface area contributed by atoms with E-state index in [0.29, 0.717) is 0 Å². The number of hydrogen-bond donors (Lipinski definition) is 1. The molecule has 0 fully saturated rings. The Morgan fingerprint density at radius 2 is 2.38 bits per heavy atom. The monoisotopic (exact) mass is 236 g/mol. The molecule has 0 amide bonds. The minimum absolute atomic E-state index is 0.118. The fourth-order valence-electron chi connectivity index (χ4n) is 1.60. The third-order valence-electron chi connectivity index (χ3n) is 2.38. The largest absolute Gasteiger partial charge is 0.304 e. The average molecular weight is 236 g/mol. The van der Waals surface area contributed by atoms with Crippen LogP contribution in [0.25, 0.3) is 0 Å². The SMILES string of the molecule is CCCNC(c1cscn1)c1ccn(C)n1. The first-order valence-electron chi connectivity index (χ1n) is 5.42. The van der Waals surface area contributed by atoms with Crippen LogP contribution in [0.1, 0.15) is 30.8 Å². The van der Waals surface area contributed by atoms with Gasteiger partial charge in [-0.05, 0) is 19.0 Å². The number of hydrogen-bond acceptors (Lipinski definition) is 4. The minimum atomic E-state index is 0.118. The Labute approximate surface area is 99.3 Å². The van der Waals surface area contributed by atoms with E-state index in [9.17, 15) is 0 Å². The summed E-state index contributed by atoms with van der Waals surface area (Å²) in [5.41, 5.74) is 3.94. The van der Waals surface area contributed by atoms with Gasteiger partial charge in [0, 0.05) is 18.6 Å². The number of nitrogens with one attached hydrogen (secondary N) is 1. The Bertz CT molecular complexity index is 421. The maximum absolute atomic E-state index is 4.44. The molecule has 2 rings (SSSR count). The van der Waals surface area contributed by atoms with Gasteiger partial charge in [-0.25, -0.2) is 4.98 Å². The summed E-state index contributed by atoms with van der Waals surface area (Å²) in [6.45, 7) is 3.13. The number of rotatable bonds is 5. The third kappa shape index (κ3) is 2.48. The quantitative estimate of drug-likeness (QED) is 0.863. The van der Waals surface area contributed by atoms with E-state index < -0.39 is 0 Å². The zero-order chi connectivity index (χ0) is 11.4. The van der Waals surface area contributed by atoms with E-state index in [2.05, 4.69) is 27.7 Å². The lowest BCUT2D eigenvalue weighted by Crippen LogP contribution is -2.24. The molecule has 0 spiro atoms. The van der Waals surface area contributed by atoms with Gasteiger partial charge in [-0.2, -0.15) is 5.10 Å². The molecule has 0 saturated carbocycles. The molecular formula is C11H16N4S. The van der Waals surface area contributed by atoms with E-state index in [4.69, 9.17) is 0 Å². The lowest BCUT2D eigenvalue weighted by atomic mass is 10.1. The molecule has 1 atom stereocenters. The highest BCUT2D eigenvalue weighted by Gasteiger charge is 2.17. The van der Waals surface area contributed by atoms with Crippen LogP contribution in [0.5, 0.6) is 0 Å². The normalized spacial score (nSPS) is 12.9. The van der Waals surface area contributed by atoms with E-state index in [0.717, 1.165) is 24.4 Å². The number of aromatic nitrogens is 3. The van der Waals surface area contributed by atoms with Crippen LogP contribution >= 0.6 is 11.3 Å². The highest BCUT2D eigenvalue weighted by Crippen LogP contribution is 2.20. The van der Waals surface area contributed by atoms with Crippen LogP contribution in [0.2, 0.25) is 0 Å². The summed E-state index contributed by atoms with van der Waals surface area (Å²) in [6.07, 6.45) is 3.07. The van der Waals surface area contributed by atoms with Gasteiger partial charge in [-0.3, -0.25) is 4.68 Å². The van der Waals surface area contributed by atoms with Gasteiger partial charge in [-0.15, -0.1) is 11.3 Å². The average Bonchev–Trinajstić information content (AvgIpc) is 2.91. The zero-order valence-electron chi connectivity index (χ0n) is 9.55. The second-order valence-electron chi connectivity index (χ2n) is 3.71. The lowest BCUT2D eigenvalue weighted by Gasteiger charge is -2.13. The lowest BCUT2D eigenvalue weighted by molar-refractivity contribution is 0.567. The van der Waals surface area contributed by atoms with E-state index in [1.165, 1.54) is 0 Å². The Morgan fingerprint density at radius 3 is 2.94 bits per heavy atom. The standard InChI is InChI=1S/C11H16N4S/c1-3-5-12-11(10-7-16-8-13-10)9-4-6-15(2)14-9/h4,6-8,11-12H,3,5H2,1-2H3. The molecule has 0 aliphatic carbocycles. The van der Waals surface area contributed by atoms with E-state index in [1.54, 1.807) is 11.3 Å². The van der Waals surface area contributed by atoms with Crippen LogP contribution in [0.15, 0.2) is 23.2 Å². The van der Waals surface area contributed by atoms with Gasteiger partial charge in [-0.1, -0.05) is 6.92 Å². The highest BCUT2D eigenvalue weighted by atomic mass is 32.1. The summed E-state index contributed by atoms with van der Waals surface area (Å²) in [6, 6.07) is 2.15. The maximum atomic E-state index is 4.44. The van der Waals surface area contributed by atoms with Crippen LogP contribution in [-0.2, 0) is 7.05 Å². The zero-order valence-corrected chi connectivity index (χ0v) is 10.4. The molecular weight excluding hydrogens is 220 g/mol. The van der Waals surface area contributed by atoms with E-state index in [1.807, 2.05) is 29.5 Å². The smallest absolute Gasteiger partial charge is 0.0952 e.